The van der Waals surface area contributed by atoms with E-state index in [0.29, 0.717) is 22.5 Å². The molecule has 0 bridgehead atoms. The first-order valence-electron chi connectivity index (χ1n) is 10.7. The number of ether oxygens (including phenoxy) is 1. The molecule has 0 saturated heterocycles. The van der Waals surface area contributed by atoms with Crippen molar-refractivity contribution in [2.75, 3.05) is 18.2 Å². The minimum absolute atomic E-state index is 0.0536. The minimum Gasteiger partial charge on any atom is -0.496 e. The van der Waals surface area contributed by atoms with Gasteiger partial charge in [-0.15, -0.1) is 0 Å². The van der Waals surface area contributed by atoms with Crippen molar-refractivity contribution in [2.24, 2.45) is 0 Å². The lowest BCUT2D eigenvalue weighted by molar-refractivity contribution is 0.102. The molecule has 0 aliphatic carbocycles. The van der Waals surface area contributed by atoms with Crippen molar-refractivity contribution in [3.63, 3.8) is 0 Å². The van der Waals surface area contributed by atoms with Gasteiger partial charge in [-0.05, 0) is 49.7 Å². The Hall–Kier alpha value is -4.40. The number of nitrogens with one attached hydrogen (secondary N) is 1. The van der Waals surface area contributed by atoms with Crippen LogP contribution in [0.25, 0.3) is 11.1 Å². The molecule has 2 heterocycles. The van der Waals surface area contributed by atoms with Crippen LogP contribution < -0.4 is 15.8 Å². The van der Waals surface area contributed by atoms with E-state index in [0.717, 1.165) is 0 Å². The van der Waals surface area contributed by atoms with E-state index in [1.807, 2.05) is 13.8 Å². The Labute approximate surface area is 201 Å². The summed E-state index contributed by atoms with van der Waals surface area (Å²) >= 11 is 0. The summed E-state index contributed by atoms with van der Waals surface area (Å²) in [7, 11) is 1.41. The van der Waals surface area contributed by atoms with Gasteiger partial charge in [-0.2, -0.15) is 0 Å². The lowest BCUT2D eigenvalue weighted by Crippen LogP contribution is -2.17. The van der Waals surface area contributed by atoms with Gasteiger partial charge >= 0.3 is 0 Å². The van der Waals surface area contributed by atoms with Crippen LogP contribution in [0.5, 0.6) is 5.75 Å². The third kappa shape index (κ3) is 4.93. The number of methoxy groups -OCH3 is 1. The number of rotatable bonds is 6. The van der Waals surface area contributed by atoms with Crippen molar-refractivity contribution in [1.29, 1.82) is 0 Å². The highest BCUT2D eigenvalue weighted by Gasteiger charge is 2.23. The minimum atomic E-state index is -0.699. The van der Waals surface area contributed by atoms with E-state index in [4.69, 9.17) is 10.5 Å². The summed E-state index contributed by atoms with van der Waals surface area (Å²) in [5.74, 6) is -1.54. The average molecular weight is 475 g/mol. The Morgan fingerprint density at radius 1 is 1.06 bits per heavy atom. The van der Waals surface area contributed by atoms with Crippen LogP contribution in [-0.4, -0.2) is 28.0 Å². The van der Waals surface area contributed by atoms with E-state index in [9.17, 15) is 9.18 Å². The summed E-state index contributed by atoms with van der Waals surface area (Å²) in [6.07, 6.45) is 4.00. The van der Waals surface area contributed by atoms with Gasteiger partial charge in [0.15, 0.2) is 0 Å². The van der Waals surface area contributed by atoms with Crippen LogP contribution in [0.15, 0.2) is 55.0 Å². The molecule has 3 N–H and O–H groups in total. The van der Waals surface area contributed by atoms with Crippen LogP contribution in [0.1, 0.15) is 33.0 Å². The van der Waals surface area contributed by atoms with Crippen molar-refractivity contribution in [3.05, 3.63) is 94.8 Å². The van der Waals surface area contributed by atoms with Gasteiger partial charge in [-0.1, -0.05) is 6.07 Å². The standard InChI is InChI=1S/C26H23F2N5O2/c1-14-9-16(10-15(2)32-14)17-12-21(28)24(29)19(11-18-20(27)5-4-6-23(18)35-3)25(17)33-26(34)22-13-30-7-8-31-22/h4-10,12-13H,11,29H2,1-3H3,(H,33,34). The molecular formula is C26H23F2N5O2. The van der Waals surface area contributed by atoms with E-state index in [-0.39, 0.29) is 40.4 Å². The highest BCUT2D eigenvalue weighted by atomic mass is 19.1. The first kappa shape index (κ1) is 23.7. The molecule has 0 atom stereocenters. The average Bonchev–Trinajstić information content (AvgIpc) is 2.84. The summed E-state index contributed by atoms with van der Waals surface area (Å²) in [6, 6.07) is 9.17. The topological polar surface area (TPSA) is 103 Å². The van der Waals surface area contributed by atoms with Crippen LogP contribution >= 0.6 is 0 Å². The molecule has 0 spiro atoms. The monoisotopic (exact) mass is 475 g/mol. The number of hydrogen-bond acceptors (Lipinski definition) is 6. The Morgan fingerprint density at radius 3 is 2.46 bits per heavy atom. The molecule has 4 rings (SSSR count). The van der Waals surface area contributed by atoms with Crippen molar-refractivity contribution in [2.45, 2.75) is 20.3 Å². The van der Waals surface area contributed by atoms with Crippen LogP contribution in [-0.2, 0) is 6.42 Å². The number of aryl methyl sites for hydroxylation is 2. The van der Waals surface area contributed by atoms with Crippen molar-refractivity contribution >= 4 is 17.3 Å². The predicted molar refractivity (Wildman–Crippen MR) is 129 cm³/mol. The Bertz CT molecular complexity index is 1390. The van der Waals surface area contributed by atoms with E-state index < -0.39 is 17.5 Å². The lowest BCUT2D eigenvalue weighted by atomic mass is 9.93. The zero-order valence-electron chi connectivity index (χ0n) is 19.4. The van der Waals surface area contributed by atoms with Crippen molar-refractivity contribution in [1.82, 2.24) is 15.0 Å². The second-order valence-electron chi connectivity index (χ2n) is 7.95. The zero-order chi connectivity index (χ0) is 25.1. The number of amides is 1. The van der Waals surface area contributed by atoms with Gasteiger partial charge in [-0.3, -0.25) is 14.8 Å². The number of anilines is 2. The number of pyridine rings is 1. The lowest BCUT2D eigenvalue weighted by Gasteiger charge is -2.20. The quantitative estimate of drug-likeness (QED) is 0.386. The zero-order valence-corrected chi connectivity index (χ0v) is 19.4. The van der Waals surface area contributed by atoms with Crippen LogP contribution in [0.4, 0.5) is 20.2 Å². The number of nitrogens with two attached hydrogens (primary N) is 1. The maximum Gasteiger partial charge on any atom is 0.275 e. The molecule has 0 unspecified atom stereocenters. The number of benzene rings is 2. The fourth-order valence-corrected chi connectivity index (χ4v) is 3.93. The van der Waals surface area contributed by atoms with Gasteiger partial charge in [0.05, 0.1) is 24.7 Å². The van der Waals surface area contributed by atoms with Crippen molar-refractivity contribution in [3.8, 4) is 16.9 Å². The predicted octanol–water partition coefficient (Wildman–Crippen LogP) is 4.87. The summed E-state index contributed by atoms with van der Waals surface area (Å²) in [6.45, 7) is 3.63. The highest BCUT2D eigenvalue weighted by molar-refractivity contribution is 6.06. The van der Waals surface area contributed by atoms with Gasteiger partial charge in [0.25, 0.3) is 5.91 Å². The molecule has 9 heteroatoms. The molecule has 1 amide bonds. The summed E-state index contributed by atoms with van der Waals surface area (Å²) in [5, 5.41) is 2.81. The van der Waals surface area contributed by atoms with Gasteiger partial charge in [0.2, 0.25) is 0 Å². The summed E-state index contributed by atoms with van der Waals surface area (Å²) in [4.78, 5) is 25.4. The molecule has 0 saturated carbocycles. The molecule has 7 nitrogen and oxygen atoms in total. The fraction of sp³-hybridized carbons (Fsp3) is 0.154. The molecule has 4 aromatic rings. The summed E-state index contributed by atoms with van der Waals surface area (Å²) in [5.41, 5.74) is 9.02. The molecule has 0 aliphatic heterocycles. The number of nitrogen functional groups attached to an aromatic ring is 1. The maximum absolute atomic E-state index is 15.2. The molecular weight excluding hydrogens is 452 g/mol. The smallest absolute Gasteiger partial charge is 0.275 e. The summed E-state index contributed by atoms with van der Waals surface area (Å²) < 4.78 is 35.3. The van der Waals surface area contributed by atoms with Crippen LogP contribution in [0.2, 0.25) is 0 Å². The second kappa shape index (κ2) is 9.84. The molecule has 2 aromatic carbocycles. The molecule has 0 fully saturated rings. The number of carbonyl (C=O) groups excluding carboxylic acids is 1. The fourth-order valence-electron chi connectivity index (χ4n) is 3.93. The number of nitrogens with zero attached hydrogens (tertiary/aromatic N) is 3. The van der Waals surface area contributed by atoms with Crippen LogP contribution in [0.3, 0.4) is 0 Å². The first-order chi connectivity index (χ1) is 16.8. The number of hydrogen-bond donors (Lipinski definition) is 2. The largest absolute Gasteiger partial charge is 0.496 e. The maximum atomic E-state index is 15.2. The molecule has 35 heavy (non-hydrogen) atoms. The number of aromatic nitrogens is 3. The molecule has 2 aromatic heterocycles. The van der Waals surface area contributed by atoms with Crippen molar-refractivity contribution < 1.29 is 18.3 Å². The van der Waals surface area contributed by atoms with Gasteiger partial charge in [0, 0.05) is 46.9 Å². The Morgan fingerprint density at radius 2 is 1.80 bits per heavy atom. The van der Waals surface area contributed by atoms with Gasteiger partial charge in [0.1, 0.15) is 23.1 Å². The van der Waals surface area contributed by atoms with Crippen LogP contribution in [0, 0.1) is 25.5 Å². The molecule has 178 valence electrons. The first-order valence-corrected chi connectivity index (χ1v) is 10.7. The third-order valence-electron chi connectivity index (χ3n) is 5.50. The van der Waals surface area contributed by atoms with E-state index in [1.54, 1.807) is 18.2 Å². The number of halogens is 2. The Kier molecular flexibility index (Phi) is 6.68. The normalized spacial score (nSPS) is 10.8. The van der Waals surface area contributed by atoms with E-state index in [2.05, 4.69) is 20.3 Å². The van der Waals surface area contributed by atoms with Gasteiger partial charge in [-0.25, -0.2) is 13.8 Å². The van der Waals surface area contributed by atoms with E-state index in [1.165, 1.54) is 43.9 Å². The second-order valence-corrected chi connectivity index (χ2v) is 7.95. The highest BCUT2D eigenvalue weighted by Crippen LogP contribution is 2.39. The molecule has 0 aliphatic rings. The number of carbonyl (C=O) groups is 1. The Balaban J connectivity index is 1.95. The van der Waals surface area contributed by atoms with E-state index >= 15 is 4.39 Å². The third-order valence-corrected chi connectivity index (χ3v) is 5.50. The van der Waals surface area contributed by atoms with Gasteiger partial charge < -0.3 is 15.8 Å². The molecule has 0 radical (unpaired) electrons. The SMILES string of the molecule is COc1cccc(F)c1Cc1c(N)c(F)cc(-c2cc(C)nc(C)c2)c1NC(=O)c1cnccn1.